The van der Waals surface area contributed by atoms with Gasteiger partial charge in [0.1, 0.15) is 16.9 Å². The number of amides is 2. The van der Waals surface area contributed by atoms with Crippen molar-refractivity contribution in [2.24, 2.45) is 0 Å². The van der Waals surface area contributed by atoms with Crippen LogP contribution in [0.5, 0.6) is 0 Å². The van der Waals surface area contributed by atoms with E-state index in [9.17, 15) is 9.59 Å². The zero-order valence-corrected chi connectivity index (χ0v) is 15.0. The topological polar surface area (TPSA) is 81.9 Å². The first kappa shape index (κ1) is 19.1. The number of halogens is 1. The summed E-state index contributed by atoms with van der Waals surface area (Å²) in [4.78, 5) is 25.7. The lowest BCUT2D eigenvalue weighted by atomic mass is 10.2. The summed E-state index contributed by atoms with van der Waals surface area (Å²) in [6.45, 7) is 10.1. The Morgan fingerprint density at radius 2 is 1.43 bits per heavy atom. The van der Waals surface area contributed by atoms with Crippen molar-refractivity contribution < 1.29 is 19.1 Å². The number of benzene rings is 1. The molecule has 2 N–H and O–H groups in total. The molecule has 0 heterocycles. The van der Waals surface area contributed by atoms with Crippen molar-refractivity contribution in [3.8, 4) is 0 Å². The van der Waals surface area contributed by atoms with Crippen molar-refractivity contribution in [2.45, 2.75) is 52.7 Å². The molecule has 0 spiro atoms. The molecule has 0 unspecified atom stereocenters. The number of nitrogens with two attached hydrogens (primary N) is 1. The van der Waals surface area contributed by atoms with Crippen LogP contribution in [-0.2, 0) is 9.47 Å². The van der Waals surface area contributed by atoms with Gasteiger partial charge in [-0.25, -0.2) is 9.59 Å². The third-order valence-electron chi connectivity index (χ3n) is 2.39. The molecule has 0 atom stereocenters. The summed E-state index contributed by atoms with van der Waals surface area (Å²) < 4.78 is 10.5. The van der Waals surface area contributed by atoms with E-state index in [1.54, 1.807) is 47.6 Å². The standard InChI is InChI=1S/C16H23ClN2O4/c1-15(2,3)22-13(20)19(14(21)23-16(4,5)6)12-10(17)8-7-9-11(12)18/h7-9H,18H2,1-6H3. The van der Waals surface area contributed by atoms with Crippen molar-refractivity contribution in [3.63, 3.8) is 0 Å². The molecule has 0 aliphatic heterocycles. The van der Waals surface area contributed by atoms with Crippen molar-refractivity contribution in [1.82, 2.24) is 0 Å². The molecule has 23 heavy (non-hydrogen) atoms. The van der Waals surface area contributed by atoms with E-state index in [1.165, 1.54) is 12.1 Å². The van der Waals surface area contributed by atoms with E-state index in [1.807, 2.05) is 0 Å². The van der Waals surface area contributed by atoms with Crippen LogP contribution in [0.3, 0.4) is 0 Å². The van der Waals surface area contributed by atoms with Gasteiger partial charge in [0.15, 0.2) is 0 Å². The van der Waals surface area contributed by atoms with E-state index >= 15 is 0 Å². The number of nitrogen functional groups attached to an aromatic ring is 1. The molecular weight excluding hydrogens is 320 g/mol. The number of carbonyl (C=O) groups is 2. The van der Waals surface area contributed by atoms with Crippen molar-refractivity contribution in [1.29, 1.82) is 0 Å². The van der Waals surface area contributed by atoms with Gasteiger partial charge < -0.3 is 15.2 Å². The summed E-state index contributed by atoms with van der Waals surface area (Å²) in [5, 5.41) is 0.140. The minimum absolute atomic E-state index is 0.0395. The van der Waals surface area contributed by atoms with Gasteiger partial charge in [-0.2, -0.15) is 4.90 Å². The fourth-order valence-electron chi connectivity index (χ4n) is 1.64. The molecule has 0 aliphatic rings. The van der Waals surface area contributed by atoms with Crippen LogP contribution in [0.2, 0.25) is 5.02 Å². The van der Waals surface area contributed by atoms with Crippen molar-refractivity contribution >= 4 is 35.2 Å². The molecule has 6 nitrogen and oxygen atoms in total. The Labute approximate surface area is 141 Å². The molecule has 0 radical (unpaired) electrons. The number of imide groups is 1. The third-order valence-corrected chi connectivity index (χ3v) is 2.70. The lowest BCUT2D eigenvalue weighted by molar-refractivity contribution is 0.0431. The first-order valence-electron chi connectivity index (χ1n) is 7.12. The highest BCUT2D eigenvalue weighted by molar-refractivity contribution is 6.35. The van der Waals surface area contributed by atoms with E-state index < -0.39 is 23.4 Å². The number of para-hydroxylation sites is 1. The average molecular weight is 343 g/mol. The van der Waals surface area contributed by atoms with Crippen LogP contribution in [0.1, 0.15) is 41.5 Å². The Hall–Kier alpha value is -1.95. The normalized spacial score (nSPS) is 11.8. The van der Waals surface area contributed by atoms with Gasteiger partial charge in [-0.15, -0.1) is 0 Å². The zero-order valence-electron chi connectivity index (χ0n) is 14.3. The Balaban J connectivity index is 3.32. The highest BCUT2D eigenvalue weighted by Gasteiger charge is 2.34. The molecule has 0 saturated heterocycles. The fourth-order valence-corrected chi connectivity index (χ4v) is 1.91. The summed E-state index contributed by atoms with van der Waals surface area (Å²) in [6.07, 6.45) is -1.82. The highest BCUT2D eigenvalue weighted by atomic mass is 35.5. The van der Waals surface area contributed by atoms with E-state index in [4.69, 9.17) is 26.8 Å². The van der Waals surface area contributed by atoms with Crippen LogP contribution in [0.25, 0.3) is 0 Å². The maximum Gasteiger partial charge on any atom is 0.424 e. The average Bonchev–Trinajstić information content (AvgIpc) is 2.28. The molecule has 2 amide bonds. The third kappa shape index (κ3) is 5.63. The number of ether oxygens (including phenoxy) is 2. The van der Waals surface area contributed by atoms with Gasteiger partial charge in [0.05, 0.1) is 10.7 Å². The first-order valence-corrected chi connectivity index (χ1v) is 7.50. The van der Waals surface area contributed by atoms with Gasteiger partial charge in [-0.05, 0) is 53.7 Å². The number of rotatable bonds is 1. The number of carbonyl (C=O) groups excluding carboxylic acids is 2. The van der Waals surface area contributed by atoms with E-state index in [0.29, 0.717) is 4.90 Å². The Kier molecular flexibility index (Phi) is 5.53. The number of hydrogen-bond donors (Lipinski definition) is 1. The lowest BCUT2D eigenvalue weighted by Gasteiger charge is -2.29. The summed E-state index contributed by atoms with van der Waals surface area (Å²) in [5.41, 5.74) is 4.49. The van der Waals surface area contributed by atoms with Crippen molar-refractivity contribution in [2.75, 3.05) is 10.6 Å². The van der Waals surface area contributed by atoms with Gasteiger partial charge >= 0.3 is 12.2 Å². The van der Waals surface area contributed by atoms with Crippen molar-refractivity contribution in [3.05, 3.63) is 23.2 Å². The predicted octanol–water partition coefficient (Wildman–Crippen LogP) is 4.60. The predicted molar refractivity (Wildman–Crippen MR) is 90.8 cm³/mol. The minimum atomic E-state index is -0.911. The summed E-state index contributed by atoms with van der Waals surface area (Å²) in [5.74, 6) is 0. The molecule has 1 aromatic rings. The largest absolute Gasteiger partial charge is 0.443 e. The molecule has 128 valence electrons. The molecular formula is C16H23ClN2O4. The highest BCUT2D eigenvalue weighted by Crippen LogP contribution is 2.34. The number of nitrogens with zero attached hydrogens (tertiary/aromatic N) is 1. The van der Waals surface area contributed by atoms with E-state index in [-0.39, 0.29) is 16.4 Å². The Morgan fingerprint density at radius 1 is 1.00 bits per heavy atom. The van der Waals surface area contributed by atoms with Gasteiger partial charge in [-0.3, -0.25) is 0 Å². The SMILES string of the molecule is CC(C)(C)OC(=O)N(C(=O)OC(C)(C)C)c1c(N)cccc1Cl. The Morgan fingerprint density at radius 3 is 1.78 bits per heavy atom. The molecule has 7 heteroatoms. The maximum atomic E-state index is 12.5. The molecule has 1 rings (SSSR count). The van der Waals surface area contributed by atoms with Crippen LogP contribution in [0, 0.1) is 0 Å². The van der Waals surface area contributed by atoms with Crippen LogP contribution in [-0.4, -0.2) is 23.4 Å². The molecule has 0 aliphatic carbocycles. The zero-order chi connectivity index (χ0) is 18.0. The smallest absolute Gasteiger partial charge is 0.424 e. The van der Waals surface area contributed by atoms with Gasteiger partial charge in [0.25, 0.3) is 0 Å². The lowest BCUT2D eigenvalue weighted by Crippen LogP contribution is -2.44. The minimum Gasteiger partial charge on any atom is -0.443 e. The number of anilines is 2. The second-order valence-electron chi connectivity index (χ2n) is 6.97. The monoisotopic (exact) mass is 342 g/mol. The molecule has 0 fully saturated rings. The summed E-state index contributed by atoms with van der Waals surface area (Å²) >= 11 is 6.12. The first-order chi connectivity index (χ1) is 10.3. The van der Waals surface area contributed by atoms with Gasteiger partial charge in [-0.1, -0.05) is 17.7 Å². The second kappa shape index (κ2) is 6.66. The quantitative estimate of drug-likeness (QED) is 0.754. The van der Waals surface area contributed by atoms with Crippen LogP contribution in [0.4, 0.5) is 21.0 Å². The molecule has 0 bridgehead atoms. The second-order valence-corrected chi connectivity index (χ2v) is 7.38. The van der Waals surface area contributed by atoms with E-state index in [0.717, 1.165) is 0 Å². The molecule has 0 saturated carbocycles. The van der Waals surface area contributed by atoms with E-state index in [2.05, 4.69) is 0 Å². The van der Waals surface area contributed by atoms with Gasteiger partial charge in [0, 0.05) is 0 Å². The van der Waals surface area contributed by atoms with Crippen LogP contribution < -0.4 is 10.6 Å². The summed E-state index contributed by atoms with van der Waals surface area (Å²) in [6, 6.07) is 4.67. The van der Waals surface area contributed by atoms with Gasteiger partial charge in [0.2, 0.25) is 0 Å². The van der Waals surface area contributed by atoms with Crippen LogP contribution >= 0.6 is 11.6 Å². The Bertz CT molecular complexity index is 555. The fraction of sp³-hybridized carbons (Fsp3) is 0.500. The maximum absolute atomic E-state index is 12.5. The van der Waals surface area contributed by atoms with Crippen LogP contribution in [0.15, 0.2) is 18.2 Å². The molecule has 0 aromatic heterocycles. The number of hydrogen-bond acceptors (Lipinski definition) is 5. The molecule has 1 aromatic carbocycles. The summed E-state index contributed by atoms with van der Waals surface area (Å²) in [7, 11) is 0.